The van der Waals surface area contributed by atoms with Crippen LogP contribution in [0.15, 0.2) is 10.6 Å². The summed E-state index contributed by atoms with van der Waals surface area (Å²) in [4.78, 5) is 19.3. The monoisotopic (exact) mass is 345 g/mol. The second-order valence-electron chi connectivity index (χ2n) is 6.96. The predicted octanol–water partition coefficient (Wildman–Crippen LogP) is 1.75. The van der Waals surface area contributed by atoms with Gasteiger partial charge in [0.2, 0.25) is 5.91 Å². The van der Waals surface area contributed by atoms with E-state index in [9.17, 15) is 4.79 Å². The predicted molar refractivity (Wildman–Crippen MR) is 87.8 cm³/mol. The van der Waals surface area contributed by atoms with Crippen molar-refractivity contribution in [2.75, 3.05) is 13.2 Å². The summed E-state index contributed by atoms with van der Waals surface area (Å²) < 4.78 is 13.0. The Bertz CT molecular complexity index is 779. The minimum Gasteiger partial charge on any atom is -0.374 e. The number of morpholine rings is 1. The van der Waals surface area contributed by atoms with Crippen LogP contribution in [0.2, 0.25) is 0 Å². The first kappa shape index (κ1) is 16.3. The summed E-state index contributed by atoms with van der Waals surface area (Å²) in [5, 5.41) is 8.47. The van der Waals surface area contributed by atoms with Gasteiger partial charge >= 0.3 is 0 Å². The highest BCUT2D eigenvalue weighted by Gasteiger charge is 2.39. The normalized spacial score (nSPS) is 23.9. The highest BCUT2D eigenvalue weighted by Crippen LogP contribution is 2.39. The van der Waals surface area contributed by atoms with Crippen LogP contribution in [0, 0.1) is 13.8 Å². The third-order valence-corrected chi connectivity index (χ3v) is 4.86. The molecule has 0 unspecified atom stereocenters. The van der Waals surface area contributed by atoms with E-state index in [-0.39, 0.29) is 24.6 Å². The Hall–Kier alpha value is -2.22. The van der Waals surface area contributed by atoms with Gasteiger partial charge in [-0.05, 0) is 39.7 Å². The molecule has 0 N–H and O–H groups in total. The first-order valence-electron chi connectivity index (χ1n) is 8.78. The molecule has 1 saturated carbocycles. The zero-order valence-electron chi connectivity index (χ0n) is 14.8. The van der Waals surface area contributed by atoms with Crippen LogP contribution in [-0.2, 0) is 16.1 Å². The van der Waals surface area contributed by atoms with E-state index in [1.165, 1.54) is 0 Å². The van der Waals surface area contributed by atoms with E-state index in [0.29, 0.717) is 25.0 Å². The fourth-order valence-electron chi connectivity index (χ4n) is 3.36. The number of hydrogen-bond acceptors (Lipinski definition) is 6. The van der Waals surface area contributed by atoms with Crippen molar-refractivity contribution in [3.05, 3.63) is 29.2 Å². The smallest absolute Gasteiger partial charge is 0.252 e. The first-order valence-corrected chi connectivity index (χ1v) is 8.78. The highest BCUT2D eigenvalue weighted by molar-refractivity contribution is 5.76. The Morgan fingerprint density at radius 1 is 1.36 bits per heavy atom. The van der Waals surface area contributed by atoms with E-state index in [4.69, 9.17) is 9.26 Å². The zero-order valence-corrected chi connectivity index (χ0v) is 14.8. The van der Waals surface area contributed by atoms with E-state index >= 15 is 0 Å². The summed E-state index contributed by atoms with van der Waals surface area (Å²) in [7, 11) is 0. The summed E-state index contributed by atoms with van der Waals surface area (Å²) >= 11 is 0. The molecule has 2 aliphatic rings. The molecule has 1 amide bonds. The number of carbonyl (C=O) groups is 1. The summed E-state index contributed by atoms with van der Waals surface area (Å²) in [6, 6.07) is 1.62. The summed E-state index contributed by atoms with van der Waals surface area (Å²) in [5.74, 6) is 1.61. The van der Waals surface area contributed by atoms with E-state index in [1.54, 1.807) is 9.58 Å². The second kappa shape index (κ2) is 6.25. The molecule has 0 spiro atoms. The molecule has 134 valence electrons. The molecule has 2 fully saturated rings. The van der Waals surface area contributed by atoms with E-state index in [2.05, 4.69) is 15.2 Å². The number of carbonyl (C=O) groups excluding carboxylic acids is 1. The number of hydrogen-bond donors (Lipinski definition) is 0. The van der Waals surface area contributed by atoms with Crippen LogP contribution in [0.3, 0.4) is 0 Å². The van der Waals surface area contributed by atoms with Gasteiger partial charge in [0.15, 0.2) is 5.82 Å². The molecule has 3 heterocycles. The molecule has 1 aliphatic heterocycles. The van der Waals surface area contributed by atoms with Gasteiger partial charge in [0.1, 0.15) is 12.6 Å². The second-order valence-corrected chi connectivity index (χ2v) is 6.96. The maximum Gasteiger partial charge on any atom is 0.252 e. The number of nitrogens with zero attached hydrogens (tertiary/aromatic N) is 5. The van der Waals surface area contributed by atoms with E-state index in [1.807, 2.05) is 26.8 Å². The Morgan fingerprint density at radius 2 is 2.16 bits per heavy atom. The maximum absolute atomic E-state index is 12.9. The van der Waals surface area contributed by atoms with Gasteiger partial charge < -0.3 is 14.2 Å². The molecule has 2 atom stereocenters. The van der Waals surface area contributed by atoms with Crippen LogP contribution in [0.4, 0.5) is 0 Å². The fourth-order valence-corrected chi connectivity index (χ4v) is 3.36. The Balaban J connectivity index is 1.56. The van der Waals surface area contributed by atoms with E-state index < -0.39 is 0 Å². The standard InChI is InChI=1S/C17H23N5O3/c1-10-8-11(2)22(19-10)9-14(23)21-6-7-24-12(3)15(21)17-18-16(20-25-17)13-4-5-13/h8,12-13,15H,4-7,9H2,1-3H3/t12-,15+/m1/s1. The number of aryl methyl sites for hydroxylation is 2. The van der Waals surface area contributed by atoms with Gasteiger partial charge in [0.25, 0.3) is 5.89 Å². The van der Waals surface area contributed by atoms with Crippen molar-refractivity contribution in [1.82, 2.24) is 24.8 Å². The lowest BCUT2D eigenvalue weighted by Gasteiger charge is -2.37. The van der Waals surface area contributed by atoms with Crippen LogP contribution >= 0.6 is 0 Å². The molecule has 2 aromatic rings. The molecule has 25 heavy (non-hydrogen) atoms. The van der Waals surface area contributed by atoms with Gasteiger partial charge in [0, 0.05) is 18.2 Å². The van der Waals surface area contributed by atoms with E-state index in [0.717, 1.165) is 30.1 Å². The van der Waals surface area contributed by atoms with Crippen molar-refractivity contribution < 1.29 is 14.1 Å². The Morgan fingerprint density at radius 3 is 2.84 bits per heavy atom. The highest BCUT2D eigenvalue weighted by atomic mass is 16.5. The lowest BCUT2D eigenvalue weighted by molar-refractivity contribution is -0.148. The average Bonchev–Trinajstić information content (AvgIpc) is 3.22. The summed E-state index contributed by atoms with van der Waals surface area (Å²) in [5.41, 5.74) is 1.88. The van der Waals surface area contributed by atoms with Crippen LogP contribution in [0.25, 0.3) is 0 Å². The molecule has 0 bridgehead atoms. The molecular weight excluding hydrogens is 322 g/mol. The lowest BCUT2D eigenvalue weighted by Crippen LogP contribution is -2.48. The minimum absolute atomic E-state index is 0.0162. The largest absolute Gasteiger partial charge is 0.374 e. The van der Waals surface area contributed by atoms with Gasteiger partial charge in [0.05, 0.1) is 18.4 Å². The van der Waals surface area contributed by atoms with Crippen molar-refractivity contribution in [3.8, 4) is 0 Å². The van der Waals surface area contributed by atoms with Gasteiger partial charge in [-0.2, -0.15) is 10.1 Å². The molecule has 1 saturated heterocycles. The van der Waals surface area contributed by atoms with Crippen LogP contribution < -0.4 is 0 Å². The molecule has 8 heteroatoms. The topological polar surface area (TPSA) is 86.3 Å². The number of rotatable bonds is 4. The quantitative estimate of drug-likeness (QED) is 0.839. The van der Waals surface area contributed by atoms with Crippen LogP contribution in [0.5, 0.6) is 0 Å². The third-order valence-electron chi connectivity index (χ3n) is 4.86. The number of ether oxygens (including phenoxy) is 1. The molecular formula is C17H23N5O3. The van der Waals surface area contributed by atoms with Crippen molar-refractivity contribution in [3.63, 3.8) is 0 Å². The SMILES string of the molecule is Cc1cc(C)n(CC(=O)N2CCO[C@H](C)[C@H]2c2nc(C3CC3)no2)n1. The Kier molecular flexibility index (Phi) is 4.07. The molecule has 0 radical (unpaired) electrons. The minimum atomic E-state index is -0.349. The average molecular weight is 345 g/mol. The number of aromatic nitrogens is 4. The fraction of sp³-hybridized carbons (Fsp3) is 0.647. The maximum atomic E-state index is 12.9. The summed E-state index contributed by atoms with van der Waals surface area (Å²) in [6.07, 6.45) is 2.03. The van der Waals surface area contributed by atoms with Crippen molar-refractivity contribution >= 4 is 5.91 Å². The zero-order chi connectivity index (χ0) is 17.6. The van der Waals surface area contributed by atoms with Crippen molar-refractivity contribution in [1.29, 1.82) is 0 Å². The molecule has 8 nitrogen and oxygen atoms in total. The van der Waals surface area contributed by atoms with Crippen molar-refractivity contribution in [2.24, 2.45) is 0 Å². The lowest BCUT2D eigenvalue weighted by atomic mass is 10.1. The van der Waals surface area contributed by atoms with Crippen LogP contribution in [-0.4, -0.2) is 50.0 Å². The van der Waals surface area contributed by atoms with Gasteiger partial charge in [-0.1, -0.05) is 5.16 Å². The molecule has 2 aromatic heterocycles. The molecule has 0 aromatic carbocycles. The first-order chi connectivity index (χ1) is 12.0. The van der Waals surface area contributed by atoms with Gasteiger partial charge in [-0.25, -0.2) is 0 Å². The van der Waals surface area contributed by atoms with Gasteiger partial charge in [-0.15, -0.1) is 0 Å². The summed E-state index contributed by atoms with van der Waals surface area (Å²) in [6.45, 7) is 7.03. The molecule has 1 aliphatic carbocycles. The van der Waals surface area contributed by atoms with Gasteiger partial charge in [-0.3, -0.25) is 9.48 Å². The van der Waals surface area contributed by atoms with Crippen LogP contribution in [0.1, 0.15) is 54.8 Å². The Labute approximate surface area is 146 Å². The molecule has 4 rings (SSSR count). The van der Waals surface area contributed by atoms with Crippen molar-refractivity contribution in [2.45, 2.75) is 58.2 Å². The third kappa shape index (κ3) is 3.18. The number of amides is 1.